The fourth-order valence-corrected chi connectivity index (χ4v) is 3.96. The van der Waals surface area contributed by atoms with E-state index < -0.39 is 17.3 Å². The molecule has 7 nitrogen and oxygen atoms in total. The number of alkyl halides is 2. The van der Waals surface area contributed by atoms with Crippen LogP contribution in [0.25, 0.3) is 0 Å². The summed E-state index contributed by atoms with van der Waals surface area (Å²) in [4.78, 5) is 26.0. The Hall–Kier alpha value is -2.68. The summed E-state index contributed by atoms with van der Waals surface area (Å²) in [5.41, 5.74) is 1.33. The van der Waals surface area contributed by atoms with E-state index in [0.717, 1.165) is 31.0 Å². The summed E-state index contributed by atoms with van der Waals surface area (Å²) >= 11 is 0. The maximum Gasteiger partial charge on any atom is 0.303 e. The predicted octanol–water partition coefficient (Wildman–Crippen LogP) is 3.83. The summed E-state index contributed by atoms with van der Waals surface area (Å²) in [6, 6.07) is 3.48. The normalized spacial score (nSPS) is 17.1. The number of fused-ring (bicyclic) bond motifs is 2. The average Bonchev–Trinajstić information content (AvgIpc) is 3.35. The van der Waals surface area contributed by atoms with Crippen molar-refractivity contribution in [1.29, 1.82) is 0 Å². The summed E-state index contributed by atoms with van der Waals surface area (Å²) in [7, 11) is 0. The first-order chi connectivity index (χ1) is 14.4. The van der Waals surface area contributed by atoms with Gasteiger partial charge in [-0.15, -0.1) is 0 Å². The first kappa shape index (κ1) is 21.5. The van der Waals surface area contributed by atoms with E-state index in [-0.39, 0.29) is 11.3 Å². The van der Waals surface area contributed by atoms with Crippen molar-refractivity contribution in [2.75, 3.05) is 16.8 Å². The molecule has 0 bridgehead atoms. The minimum atomic E-state index is -3.20. The van der Waals surface area contributed by atoms with Crippen LogP contribution in [0.3, 0.4) is 0 Å². The zero-order valence-electron chi connectivity index (χ0n) is 18.2. The predicted molar refractivity (Wildman–Crippen MR) is 113 cm³/mol. The number of aliphatic hydroxyl groups is 1. The number of amides is 1. The van der Waals surface area contributed by atoms with Gasteiger partial charge in [0, 0.05) is 55.4 Å². The molecule has 0 unspecified atom stereocenters. The fourth-order valence-electron chi connectivity index (χ4n) is 3.96. The monoisotopic (exact) mass is 431 g/mol. The lowest BCUT2D eigenvalue weighted by Gasteiger charge is -2.22. The van der Waals surface area contributed by atoms with Gasteiger partial charge in [0.25, 0.3) is 0 Å². The topological polar surface area (TPSA) is 91.2 Å². The maximum atomic E-state index is 14.2. The minimum absolute atomic E-state index is 0.0514. The van der Waals surface area contributed by atoms with Gasteiger partial charge in [-0.1, -0.05) is 0 Å². The van der Waals surface area contributed by atoms with Crippen LogP contribution in [0.4, 0.5) is 26.1 Å². The number of hydrogen-bond acceptors (Lipinski definition) is 6. The van der Waals surface area contributed by atoms with E-state index in [1.54, 1.807) is 32.2 Å². The van der Waals surface area contributed by atoms with E-state index in [9.17, 15) is 18.7 Å². The van der Waals surface area contributed by atoms with Crippen LogP contribution in [-0.2, 0) is 22.6 Å². The molecule has 31 heavy (non-hydrogen) atoms. The Bertz CT molecular complexity index is 1030. The number of rotatable bonds is 6. The number of aryl methyl sites for hydroxylation is 1. The van der Waals surface area contributed by atoms with Gasteiger partial charge in [0.15, 0.2) is 0 Å². The van der Waals surface area contributed by atoms with Crippen molar-refractivity contribution < 1.29 is 18.7 Å². The lowest BCUT2D eigenvalue weighted by atomic mass is 10.0. The van der Waals surface area contributed by atoms with Crippen molar-refractivity contribution in [3.05, 3.63) is 35.4 Å². The van der Waals surface area contributed by atoms with Gasteiger partial charge in [0.05, 0.1) is 11.3 Å². The van der Waals surface area contributed by atoms with E-state index >= 15 is 0 Å². The molecule has 1 spiro atoms. The Kier molecular flexibility index (Phi) is 4.99. The van der Waals surface area contributed by atoms with Crippen LogP contribution in [-0.4, -0.2) is 38.1 Å². The number of aromatic nitrogens is 3. The molecule has 0 radical (unpaired) electrons. The van der Waals surface area contributed by atoms with Crippen molar-refractivity contribution in [3.63, 3.8) is 0 Å². The quantitative estimate of drug-likeness (QED) is 0.722. The number of hydrogen-bond donors (Lipinski definition) is 2. The second kappa shape index (κ2) is 7.19. The molecule has 2 aliphatic rings. The van der Waals surface area contributed by atoms with Crippen molar-refractivity contribution in [2.45, 2.75) is 70.3 Å². The van der Waals surface area contributed by atoms with Crippen LogP contribution in [0.2, 0.25) is 0 Å². The third-order valence-electron chi connectivity index (χ3n) is 5.79. The molecule has 1 aliphatic heterocycles. The number of carbonyl (C=O) groups is 1. The largest absolute Gasteiger partial charge is 0.390 e. The van der Waals surface area contributed by atoms with Gasteiger partial charge in [-0.2, -0.15) is 8.78 Å². The Balaban J connectivity index is 1.76. The molecule has 1 fully saturated rings. The van der Waals surface area contributed by atoms with Crippen LogP contribution in [0.15, 0.2) is 18.3 Å². The van der Waals surface area contributed by atoms with Gasteiger partial charge in [-0.3, -0.25) is 4.79 Å². The van der Waals surface area contributed by atoms with E-state index in [4.69, 9.17) is 0 Å². The fraction of sp³-hybridized carbons (Fsp3) is 0.545. The van der Waals surface area contributed by atoms with Crippen LogP contribution < -0.4 is 10.2 Å². The second-order valence-electron chi connectivity index (χ2n) is 9.38. The summed E-state index contributed by atoms with van der Waals surface area (Å²) in [6.07, 6.45) is 4.48. The van der Waals surface area contributed by atoms with Crippen LogP contribution in [0.5, 0.6) is 0 Å². The standard InChI is InChI=1S/C22H27F2N5O2/c1-13(30)26-17-10-16-15(11-25-17)22(7-8-22)12-29(16)18-9-14(5-6-20(2,3)31)27-19(28-18)21(4,23)24/h9-11,31H,5-8,12H2,1-4H3,(H,25,26,30). The van der Waals surface area contributed by atoms with Gasteiger partial charge < -0.3 is 15.3 Å². The molecule has 1 amide bonds. The highest BCUT2D eigenvalue weighted by atomic mass is 19.3. The van der Waals surface area contributed by atoms with Crippen LogP contribution in [0.1, 0.15) is 64.0 Å². The molecule has 3 heterocycles. The van der Waals surface area contributed by atoms with E-state index in [0.29, 0.717) is 36.7 Å². The number of nitrogens with zero attached hydrogens (tertiary/aromatic N) is 4. The molecule has 9 heteroatoms. The highest BCUT2D eigenvalue weighted by Crippen LogP contribution is 2.58. The summed E-state index contributed by atoms with van der Waals surface area (Å²) in [5, 5.41) is 12.7. The lowest BCUT2D eigenvalue weighted by molar-refractivity contribution is -0.114. The lowest BCUT2D eigenvalue weighted by Crippen LogP contribution is -2.24. The molecule has 1 saturated carbocycles. The van der Waals surface area contributed by atoms with E-state index in [1.807, 2.05) is 4.90 Å². The van der Waals surface area contributed by atoms with Gasteiger partial charge in [-0.05, 0) is 39.5 Å². The maximum absolute atomic E-state index is 14.2. The molecule has 0 saturated heterocycles. The van der Waals surface area contributed by atoms with Gasteiger partial charge in [0.1, 0.15) is 11.6 Å². The Morgan fingerprint density at radius 1 is 1.26 bits per heavy atom. The van der Waals surface area contributed by atoms with Crippen LogP contribution >= 0.6 is 0 Å². The number of nitrogens with one attached hydrogen (secondary N) is 1. The minimum Gasteiger partial charge on any atom is -0.390 e. The SMILES string of the molecule is CC(=O)Nc1cc2c(cn1)C1(CC1)CN2c1cc(CCC(C)(C)O)nc(C(C)(F)F)n1. The van der Waals surface area contributed by atoms with Gasteiger partial charge >= 0.3 is 5.92 Å². The van der Waals surface area contributed by atoms with Gasteiger partial charge in [-0.25, -0.2) is 15.0 Å². The van der Waals surface area contributed by atoms with Crippen LogP contribution in [0, 0.1) is 0 Å². The molecule has 2 aromatic heterocycles. The molecule has 0 atom stereocenters. The number of anilines is 3. The molecular weight excluding hydrogens is 404 g/mol. The summed E-state index contributed by atoms with van der Waals surface area (Å²) < 4.78 is 28.4. The number of halogens is 2. The Labute approximate surface area is 179 Å². The average molecular weight is 431 g/mol. The molecule has 166 valence electrons. The first-order valence-electron chi connectivity index (χ1n) is 10.4. The second-order valence-corrected chi connectivity index (χ2v) is 9.38. The zero-order chi connectivity index (χ0) is 22.6. The molecular formula is C22H27F2N5O2. The molecule has 2 aromatic rings. The first-order valence-corrected chi connectivity index (χ1v) is 10.4. The molecule has 1 aliphatic carbocycles. The van der Waals surface area contributed by atoms with Crippen molar-refractivity contribution in [2.24, 2.45) is 0 Å². The Morgan fingerprint density at radius 2 is 1.97 bits per heavy atom. The summed E-state index contributed by atoms with van der Waals surface area (Å²) in [5.74, 6) is -3.17. The smallest absolute Gasteiger partial charge is 0.303 e. The van der Waals surface area contributed by atoms with Crippen molar-refractivity contribution in [1.82, 2.24) is 15.0 Å². The zero-order valence-corrected chi connectivity index (χ0v) is 18.2. The summed E-state index contributed by atoms with van der Waals surface area (Å²) in [6.45, 7) is 6.16. The van der Waals surface area contributed by atoms with Crippen molar-refractivity contribution in [3.8, 4) is 0 Å². The number of carbonyl (C=O) groups excluding carboxylic acids is 1. The molecule has 0 aromatic carbocycles. The number of pyridine rings is 1. The highest BCUT2D eigenvalue weighted by Gasteiger charge is 2.52. The third-order valence-corrected chi connectivity index (χ3v) is 5.79. The van der Waals surface area contributed by atoms with Gasteiger partial charge in [0.2, 0.25) is 11.7 Å². The highest BCUT2D eigenvalue weighted by molar-refractivity contribution is 5.89. The molecule has 4 rings (SSSR count). The van der Waals surface area contributed by atoms with E-state index in [1.165, 1.54) is 6.92 Å². The third kappa shape index (κ3) is 4.51. The Morgan fingerprint density at radius 3 is 2.55 bits per heavy atom. The van der Waals surface area contributed by atoms with E-state index in [2.05, 4.69) is 20.3 Å². The molecule has 2 N–H and O–H groups in total. The van der Waals surface area contributed by atoms with Crippen molar-refractivity contribution >= 4 is 23.2 Å².